The molecule has 0 aromatic heterocycles. The molecule has 5 rings (SSSR count). The third-order valence-corrected chi connectivity index (χ3v) is 9.91. The van der Waals surface area contributed by atoms with Gasteiger partial charge in [0.05, 0.1) is 0 Å². The Hall–Kier alpha value is -3.59. The molecule has 238 valence electrons. The van der Waals surface area contributed by atoms with E-state index in [0.717, 1.165) is 49.2 Å². The molecule has 0 spiro atoms. The van der Waals surface area contributed by atoms with Crippen molar-refractivity contribution in [3.63, 3.8) is 0 Å². The van der Waals surface area contributed by atoms with Gasteiger partial charge in [-0.25, -0.2) is 9.59 Å². The molecule has 2 saturated heterocycles. The zero-order valence-electron chi connectivity index (χ0n) is 27.0. The quantitative estimate of drug-likeness (QED) is 0.418. The molecule has 0 bridgehead atoms. The second-order valence-electron chi connectivity index (χ2n) is 12.4. The van der Waals surface area contributed by atoms with Gasteiger partial charge in [-0.2, -0.15) is 0 Å². The highest BCUT2D eigenvalue weighted by atomic mass is 16.2. The summed E-state index contributed by atoms with van der Waals surface area (Å²) < 4.78 is 0. The van der Waals surface area contributed by atoms with Crippen molar-refractivity contribution in [3.8, 4) is 0 Å². The number of benzene rings is 2. The summed E-state index contributed by atoms with van der Waals surface area (Å²) in [6.45, 7) is 13.7. The zero-order chi connectivity index (χ0) is 31.2. The summed E-state index contributed by atoms with van der Waals surface area (Å²) in [5.41, 5.74) is 5.74. The van der Waals surface area contributed by atoms with Gasteiger partial charge in [0.15, 0.2) is 0 Å². The number of aryl methyl sites for hydroxylation is 2. The van der Waals surface area contributed by atoms with Crippen molar-refractivity contribution in [2.75, 3.05) is 51.1 Å². The topological polar surface area (TPSA) is 88.2 Å². The lowest BCUT2D eigenvalue weighted by Crippen LogP contribution is -2.65. The second-order valence-corrected chi connectivity index (χ2v) is 12.4. The number of carbonyl (C=O) groups is 3. The highest BCUT2D eigenvalue weighted by Gasteiger charge is 2.38. The van der Waals surface area contributed by atoms with Gasteiger partial charge in [-0.1, -0.05) is 64.1 Å². The molecule has 0 radical (unpaired) electrons. The van der Waals surface area contributed by atoms with E-state index in [-0.39, 0.29) is 24.0 Å². The van der Waals surface area contributed by atoms with Gasteiger partial charge in [0.1, 0.15) is 6.04 Å². The molecule has 5 amide bonds. The summed E-state index contributed by atoms with van der Waals surface area (Å²) >= 11 is 0. The SMILES string of the molecule is CCc1ccc(C[C@@H](NC(=O)N2CCC(N3CCc4ccccc4NC3=O)CC2)C(=O)N2CC(N(CC)CC)C2)cc1CC. The Balaban J connectivity index is 1.22. The first kappa shape index (κ1) is 31.8. The van der Waals surface area contributed by atoms with Gasteiger partial charge in [-0.3, -0.25) is 9.69 Å². The van der Waals surface area contributed by atoms with Gasteiger partial charge in [0.25, 0.3) is 0 Å². The highest BCUT2D eigenvalue weighted by molar-refractivity contribution is 5.91. The molecule has 2 fully saturated rings. The van der Waals surface area contributed by atoms with Crippen molar-refractivity contribution in [3.05, 3.63) is 64.7 Å². The Kier molecular flexibility index (Phi) is 10.5. The molecule has 2 aromatic rings. The van der Waals surface area contributed by atoms with E-state index in [0.29, 0.717) is 58.0 Å². The molecule has 2 N–H and O–H groups in total. The Morgan fingerprint density at radius 1 is 0.932 bits per heavy atom. The molecule has 3 aliphatic rings. The maximum absolute atomic E-state index is 13.8. The number of para-hydroxylation sites is 1. The van der Waals surface area contributed by atoms with Crippen LogP contribution in [-0.4, -0.2) is 102 Å². The molecule has 3 heterocycles. The molecule has 2 aromatic carbocycles. The van der Waals surface area contributed by atoms with Crippen LogP contribution >= 0.6 is 0 Å². The summed E-state index contributed by atoms with van der Waals surface area (Å²) in [5.74, 6) is -0.00457. The molecule has 9 heteroatoms. The summed E-state index contributed by atoms with van der Waals surface area (Å²) in [4.78, 5) is 48.5. The van der Waals surface area contributed by atoms with Crippen LogP contribution in [0.5, 0.6) is 0 Å². The average molecular weight is 603 g/mol. The largest absolute Gasteiger partial charge is 0.338 e. The average Bonchev–Trinajstić information content (AvgIpc) is 3.19. The smallest absolute Gasteiger partial charge is 0.322 e. The van der Waals surface area contributed by atoms with Crippen molar-refractivity contribution < 1.29 is 14.4 Å². The highest BCUT2D eigenvalue weighted by Crippen LogP contribution is 2.25. The minimum Gasteiger partial charge on any atom is -0.338 e. The summed E-state index contributed by atoms with van der Waals surface area (Å²) in [7, 11) is 0. The van der Waals surface area contributed by atoms with Crippen LogP contribution < -0.4 is 10.6 Å². The van der Waals surface area contributed by atoms with Crippen molar-refractivity contribution >= 4 is 23.7 Å². The van der Waals surface area contributed by atoms with Gasteiger partial charge < -0.3 is 25.3 Å². The summed E-state index contributed by atoms with van der Waals surface area (Å²) in [5, 5.41) is 6.21. The number of carbonyl (C=O) groups excluding carboxylic acids is 3. The zero-order valence-corrected chi connectivity index (χ0v) is 27.0. The number of amides is 5. The van der Waals surface area contributed by atoms with Crippen molar-refractivity contribution in [2.24, 2.45) is 0 Å². The predicted molar refractivity (Wildman–Crippen MR) is 175 cm³/mol. The third kappa shape index (κ3) is 7.04. The van der Waals surface area contributed by atoms with Gasteiger partial charge in [0.2, 0.25) is 5.91 Å². The number of likely N-dealkylation sites (tertiary alicyclic amines) is 2. The number of likely N-dealkylation sites (N-methyl/N-ethyl adjacent to an activating group) is 1. The number of anilines is 1. The standard InChI is InChI=1S/C35H50N6O3/c1-5-26-14-13-25(21-27(26)6-2)22-32(33(42)40-23-30(24-40)38(7-3)8-4)37-34(43)39-18-16-29(17-19-39)41-20-15-28-11-9-10-12-31(28)36-35(41)44/h9-14,21,29-30,32H,5-8,15-20,22-24H2,1-4H3,(H,36,44)(H,37,43)/t32-/m1/s1. The number of piperidine rings is 1. The fourth-order valence-corrected chi connectivity index (χ4v) is 7.10. The number of nitrogens with one attached hydrogen (secondary N) is 2. The third-order valence-electron chi connectivity index (χ3n) is 9.91. The van der Waals surface area contributed by atoms with E-state index in [4.69, 9.17) is 0 Å². The molecule has 1 atom stereocenters. The number of hydrogen-bond donors (Lipinski definition) is 2. The van der Waals surface area contributed by atoms with Crippen LogP contribution in [0.4, 0.5) is 15.3 Å². The van der Waals surface area contributed by atoms with E-state index in [1.54, 1.807) is 0 Å². The minimum atomic E-state index is -0.620. The second kappa shape index (κ2) is 14.5. The lowest BCUT2D eigenvalue weighted by molar-refractivity contribution is -0.140. The van der Waals surface area contributed by atoms with Crippen LogP contribution in [0.25, 0.3) is 0 Å². The van der Waals surface area contributed by atoms with Gasteiger partial charge in [-0.05, 0) is 73.5 Å². The van der Waals surface area contributed by atoms with E-state index in [1.165, 1.54) is 11.1 Å². The molecular weight excluding hydrogens is 552 g/mol. The molecule has 0 saturated carbocycles. The summed E-state index contributed by atoms with van der Waals surface area (Å²) in [6, 6.07) is 14.0. The van der Waals surface area contributed by atoms with Crippen LogP contribution in [0.3, 0.4) is 0 Å². The number of urea groups is 2. The fourth-order valence-electron chi connectivity index (χ4n) is 7.10. The van der Waals surface area contributed by atoms with E-state index < -0.39 is 6.04 Å². The van der Waals surface area contributed by atoms with Crippen LogP contribution in [0.1, 0.15) is 62.8 Å². The van der Waals surface area contributed by atoms with Crippen LogP contribution in [-0.2, 0) is 30.5 Å². The lowest BCUT2D eigenvalue weighted by atomic mass is 9.95. The van der Waals surface area contributed by atoms with Crippen molar-refractivity contribution in [2.45, 2.75) is 84.3 Å². The Labute approximate surface area is 262 Å². The number of fused-ring (bicyclic) bond motifs is 1. The van der Waals surface area contributed by atoms with Crippen LogP contribution in [0.2, 0.25) is 0 Å². The molecule has 44 heavy (non-hydrogen) atoms. The first-order valence-electron chi connectivity index (χ1n) is 16.7. The monoisotopic (exact) mass is 602 g/mol. The molecular formula is C35H50N6O3. The van der Waals surface area contributed by atoms with Crippen molar-refractivity contribution in [1.82, 2.24) is 24.9 Å². The van der Waals surface area contributed by atoms with E-state index in [1.807, 2.05) is 32.9 Å². The fraction of sp³-hybridized carbons (Fsp3) is 0.571. The molecule has 0 aliphatic carbocycles. The lowest BCUT2D eigenvalue weighted by Gasteiger charge is -2.46. The Morgan fingerprint density at radius 3 is 2.32 bits per heavy atom. The van der Waals surface area contributed by atoms with E-state index in [2.05, 4.69) is 67.5 Å². The Bertz CT molecular complexity index is 1310. The first-order chi connectivity index (χ1) is 21.3. The predicted octanol–water partition coefficient (Wildman–Crippen LogP) is 4.54. The summed E-state index contributed by atoms with van der Waals surface area (Å²) in [6.07, 6.45) is 4.63. The molecule has 3 aliphatic heterocycles. The van der Waals surface area contributed by atoms with Gasteiger partial charge in [0, 0.05) is 56.9 Å². The Morgan fingerprint density at radius 2 is 1.64 bits per heavy atom. The van der Waals surface area contributed by atoms with Crippen LogP contribution in [0, 0.1) is 0 Å². The van der Waals surface area contributed by atoms with E-state index in [9.17, 15) is 14.4 Å². The minimum absolute atomic E-state index is 0.00457. The number of nitrogens with zero attached hydrogens (tertiary/aromatic N) is 4. The molecule has 9 nitrogen and oxygen atoms in total. The van der Waals surface area contributed by atoms with Gasteiger partial charge in [-0.15, -0.1) is 0 Å². The normalized spacial score (nSPS) is 18.4. The van der Waals surface area contributed by atoms with Crippen molar-refractivity contribution in [1.29, 1.82) is 0 Å². The van der Waals surface area contributed by atoms with Crippen LogP contribution in [0.15, 0.2) is 42.5 Å². The number of rotatable bonds is 10. The molecule has 0 unspecified atom stereocenters. The number of hydrogen-bond acceptors (Lipinski definition) is 4. The van der Waals surface area contributed by atoms with E-state index >= 15 is 0 Å². The maximum atomic E-state index is 13.8. The first-order valence-corrected chi connectivity index (χ1v) is 16.7. The van der Waals surface area contributed by atoms with Gasteiger partial charge >= 0.3 is 12.1 Å². The maximum Gasteiger partial charge on any atom is 0.322 e.